The van der Waals surface area contributed by atoms with E-state index in [0.29, 0.717) is 30.6 Å². The van der Waals surface area contributed by atoms with Gasteiger partial charge >= 0.3 is 0 Å². The van der Waals surface area contributed by atoms with E-state index in [1.165, 1.54) is 47.9 Å². The molecule has 1 aliphatic carbocycles. The number of nitrogens with one attached hydrogen (secondary N) is 2. The Hall–Kier alpha value is -0.830. The molecule has 7 heteroatoms. The molecule has 0 radical (unpaired) electrons. The Morgan fingerprint density at radius 3 is 2.32 bits per heavy atom. The maximum atomic E-state index is 11.7. The molecule has 1 saturated carbocycles. The molecule has 1 aromatic carbocycles. The van der Waals surface area contributed by atoms with Crippen LogP contribution >= 0.6 is 24.0 Å². The number of aryl methyl sites for hydroxylation is 3. The fraction of sp³-hybridized carbons (Fsp3) is 0.667. The Morgan fingerprint density at radius 1 is 1.11 bits per heavy atom. The summed E-state index contributed by atoms with van der Waals surface area (Å²) in [4.78, 5) is 4.85. The van der Waals surface area contributed by atoms with Crippen LogP contribution in [0.25, 0.3) is 0 Å². The monoisotopic (exact) mass is 519 g/mol. The van der Waals surface area contributed by atoms with Crippen molar-refractivity contribution in [1.29, 1.82) is 0 Å². The van der Waals surface area contributed by atoms with E-state index >= 15 is 0 Å². The highest BCUT2D eigenvalue weighted by atomic mass is 127. The average molecular weight is 519 g/mol. The van der Waals surface area contributed by atoms with Crippen LogP contribution in [-0.4, -0.2) is 38.5 Å². The lowest BCUT2D eigenvalue weighted by Crippen LogP contribution is -2.44. The third kappa shape index (κ3) is 6.61. The van der Waals surface area contributed by atoms with Gasteiger partial charge in [-0.25, -0.2) is 13.4 Å². The molecule has 0 amide bonds. The molecule has 0 bridgehead atoms. The molecule has 1 atom stereocenters. The molecule has 1 saturated heterocycles. The molecule has 158 valence electrons. The van der Waals surface area contributed by atoms with Crippen LogP contribution in [0.5, 0.6) is 0 Å². The van der Waals surface area contributed by atoms with E-state index < -0.39 is 9.84 Å². The summed E-state index contributed by atoms with van der Waals surface area (Å²) < 4.78 is 23.4. The van der Waals surface area contributed by atoms with Gasteiger partial charge in [-0.1, -0.05) is 30.5 Å². The third-order valence-electron chi connectivity index (χ3n) is 5.82. The first-order valence-corrected chi connectivity index (χ1v) is 12.0. The van der Waals surface area contributed by atoms with Crippen molar-refractivity contribution in [2.24, 2.45) is 10.9 Å². The highest BCUT2D eigenvalue weighted by molar-refractivity contribution is 14.0. The van der Waals surface area contributed by atoms with Crippen LogP contribution in [0.2, 0.25) is 0 Å². The second kappa shape index (κ2) is 10.3. The summed E-state index contributed by atoms with van der Waals surface area (Å²) in [6.07, 6.45) is 5.65. The first-order chi connectivity index (χ1) is 12.8. The standard InChI is InChI=1S/C21H33N3O2S.HI/c1-15-10-16(2)20(17(3)11-15)13-23-21(24-19-6-4-5-7-19)22-12-18-8-9-27(25,26)14-18;/h10-11,18-19H,4-9,12-14H2,1-3H3,(H2,22,23,24);1H. The van der Waals surface area contributed by atoms with Gasteiger partial charge < -0.3 is 10.6 Å². The van der Waals surface area contributed by atoms with Crippen LogP contribution in [0.15, 0.2) is 17.1 Å². The summed E-state index contributed by atoms with van der Waals surface area (Å²) >= 11 is 0. The Kier molecular flexibility index (Phi) is 8.60. The van der Waals surface area contributed by atoms with Crippen LogP contribution in [0.1, 0.15) is 54.4 Å². The van der Waals surface area contributed by atoms with Gasteiger partial charge in [0.2, 0.25) is 0 Å². The first-order valence-electron chi connectivity index (χ1n) is 10.1. The Balaban J connectivity index is 0.00000280. The van der Waals surface area contributed by atoms with Gasteiger partial charge in [-0.3, -0.25) is 0 Å². The van der Waals surface area contributed by atoms with Crippen molar-refractivity contribution in [2.75, 3.05) is 18.1 Å². The fourth-order valence-corrected chi connectivity index (χ4v) is 6.17. The van der Waals surface area contributed by atoms with Gasteiger partial charge in [0.25, 0.3) is 0 Å². The fourth-order valence-electron chi connectivity index (χ4n) is 4.31. The molecule has 0 aromatic heterocycles. The first kappa shape index (κ1) is 23.4. The minimum Gasteiger partial charge on any atom is -0.356 e. The van der Waals surface area contributed by atoms with Gasteiger partial charge in [0.15, 0.2) is 15.8 Å². The number of guanidine groups is 1. The maximum Gasteiger partial charge on any atom is 0.191 e. The normalized spacial score (nSPS) is 22.1. The zero-order valence-corrected chi connectivity index (χ0v) is 20.4. The van der Waals surface area contributed by atoms with E-state index in [-0.39, 0.29) is 29.9 Å². The summed E-state index contributed by atoms with van der Waals surface area (Å²) in [6, 6.07) is 4.89. The van der Waals surface area contributed by atoms with Crippen molar-refractivity contribution in [3.05, 3.63) is 34.4 Å². The Labute approximate surface area is 187 Å². The van der Waals surface area contributed by atoms with Gasteiger partial charge in [-0.15, -0.1) is 24.0 Å². The maximum absolute atomic E-state index is 11.7. The molecule has 2 aliphatic rings. The van der Waals surface area contributed by atoms with Crippen LogP contribution in [0.3, 0.4) is 0 Å². The summed E-state index contributed by atoms with van der Waals surface area (Å²) in [5.41, 5.74) is 5.11. The summed E-state index contributed by atoms with van der Waals surface area (Å²) in [7, 11) is -2.84. The molecule has 1 aliphatic heterocycles. The van der Waals surface area contributed by atoms with Crippen LogP contribution < -0.4 is 10.6 Å². The van der Waals surface area contributed by atoms with E-state index in [4.69, 9.17) is 4.99 Å². The molecular formula is C21H34IN3O2S. The topological polar surface area (TPSA) is 70.6 Å². The van der Waals surface area contributed by atoms with Gasteiger partial charge in [0, 0.05) is 12.6 Å². The molecule has 1 heterocycles. The van der Waals surface area contributed by atoms with Gasteiger partial charge in [-0.2, -0.15) is 0 Å². The molecule has 2 fully saturated rings. The lowest BCUT2D eigenvalue weighted by atomic mass is 10.00. The van der Waals surface area contributed by atoms with Gasteiger partial charge in [0.1, 0.15) is 0 Å². The second-order valence-corrected chi connectivity index (χ2v) is 10.5. The molecule has 1 aromatic rings. The predicted octanol–water partition coefficient (Wildman–Crippen LogP) is 3.64. The molecular weight excluding hydrogens is 485 g/mol. The van der Waals surface area contributed by atoms with Crippen molar-refractivity contribution in [3.8, 4) is 0 Å². The average Bonchev–Trinajstić information content (AvgIpc) is 3.20. The Morgan fingerprint density at radius 2 is 1.75 bits per heavy atom. The summed E-state index contributed by atoms with van der Waals surface area (Å²) in [5, 5.41) is 6.99. The number of rotatable bonds is 5. The molecule has 1 unspecified atom stereocenters. The van der Waals surface area contributed by atoms with Crippen LogP contribution in [0, 0.1) is 26.7 Å². The molecule has 0 spiro atoms. The zero-order valence-electron chi connectivity index (χ0n) is 17.3. The van der Waals surface area contributed by atoms with Gasteiger partial charge in [0.05, 0.1) is 18.1 Å². The highest BCUT2D eigenvalue weighted by Crippen LogP contribution is 2.20. The number of hydrogen-bond acceptors (Lipinski definition) is 3. The Bertz CT molecular complexity index is 779. The van der Waals surface area contributed by atoms with Crippen LogP contribution in [-0.2, 0) is 16.4 Å². The lowest BCUT2D eigenvalue weighted by molar-refractivity contribution is 0.553. The predicted molar refractivity (Wildman–Crippen MR) is 127 cm³/mol. The minimum atomic E-state index is -2.84. The number of sulfone groups is 1. The molecule has 3 rings (SSSR count). The SMILES string of the molecule is Cc1cc(C)c(CN=C(NCC2CCS(=O)(=O)C2)NC2CCCC2)c(C)c1.I. The van der Waals surface area contributed by atoms with E-state index in [0.717, 1.165) is 12.4 Å². The van der Waals surface area contributed by atoms with Gasteiger partial charge in [-0.05, 0) is 62.6 Å². The van der Waals surface area contributed by atoms with Crippen molar-refractivity contribution < 1.29 is 8.42 Å². The summed E-state index contributed by atoms with van der Waals surface area (Å²) in [5.74, 6) is 1.63. The van der Waals surface area contributed by atoms with Crippen LogP contribution in [0.4, 0.5) is 0 Å². The smallest absolute Gasteiger partial charge is 0.191 e. The number of halogens is 1. The van der Waals surface area contributed by atoms with E-state index in [2.05, 4.69) is 43.5 Å². The molecule has 28 heavy (non-hydrogen) atoms. The number of benzene rings is 1. The number of hydrogen-bond donors (Lipinski definition) is 2. The van der Waals surface area contributed by atoms with Crippen molar-refractivity contribution >= 4 is 39.8 Å². The van der Waals surface area contributed by atoms with E-state index in [1.54, 1.807) is 0 Å². The minimum absolute atomic E-state index is 0. The van der Waals surface area contributed by atoms with Crippen molar-refractivity contribution in [3.63, 3.8) is 0 Å². The zero-order chi connectivity index (χ0) is 19.4. The van der Waals surface area contributed by atoms with Crippen molar-refractivity contribution in [1.82, 2.24) is 10.6 Å². The third-order valence-corrected chi connectivity index (χ3v) is 7.65. The second-order valence-electron chi connectivity index (χ2n) is 8.32. The number of aliphatic imine (C=N–C) groups is 1. The van der Waals surface area contributed by atoms with E-state index in [1.807, 2.05) is 0 Å². The largest absolute Gasteiger partial charge is 0.356 e. The van der Waals surface area contributed by atoms with E-state index in [9.17, 15) is 8.42 Å². The van der Waals surface area contributed by atoms with Crippen molar-refractivity contribution in [2.45, 2.75) is 65.5 Å². The molecule has 5 nitrogen and oxygen atoms in total. The number of nitrogens with zero attached hydrogens (tertiary/aromatic N) is 1. The lowest BCUT2D eigenvalue weighted by Gasteiger charge is -2.19. The molecule has 2 N–H and O–H groups in total. The highest BCUT2D eigenvalue weighted by Gasteiger charge is 2.28. The quantitative estimate of drug-likeness (QED) is 0.354. The summed E-state index contributed by atoms with van der Waals surface area (Å²) in [6.45, 7) is 7.72.